The SMILES string of the molecule is c1ccc(-c2ccc(N(c3ccc(-c4cccc(-n5c6ccccc6c6ccccc65)c4-c4ccccc4)cc3)c3ccccc3-c3ccccc3)cc2-c2ccc3ccccc3c2)cc1. The molecule has 0 amide bonds. The summed E-state index contributed by atoms with van der Waals surface area (Å²) in [6, 6.07) is 97.0. The average Bonchev–Trinajstić information content (AvgIpc) is 3.74. The lowest BCUT2D eigenvalue weighted by atomic mass is 9.91. The van der Waals surface area contributed by atoms with Crippen LogP contribution in [0.15, 0.2) is 267 Å². The Morgan fingerprint density at radius 1 is 0.273 bits per heavy atom. The van der Waals surface area contributed by atoms with Crippen LogP contribution in [0.5, 0.6) is 0 Å². The molecule has 0 fully saturated rings. The van der Waals surface area contributed by atoms with E-state index in [0.29, 0.717) is 0 Å². The van der Waals surface area contributed by atoms with Crippen LogP contribution in [-0.4, -0.2) is 4.57 Å². The lowest BCUT2D eigenvalue weighted by Crippen LogP contribution is -2.11. The first-order valence-corrected chi connectivity index (χ1v) is 22.7. The van der Waals surface area contributed by atoms with Crippen molar-refractivity contribution in [2.45, 2.75) is 0 Å². The van der Waals surface area contributed by atoms with E-state index in [1.807, 2.05) is 0 Å². The molecule has 11 aromatic carbocycles. The summed E-state index contributed by atoms with van der Waals surface area (Å²) in [6.45, 7) is 0. The van der Waals surface area contributed by atoms with Gasteiger partial charge in [-0.3, -0.25) is 0 Å². The molecular formula is C64H44N2. The average molecular weight is 841 g/mol. The van der Waals surface area contributed by atoms with Crippen LogP contribution in [-0.2, 0) is 0 Å². The van der Waals surface area contributed by atoms with E-state index in [1.54, 1.807) is 0 Å². The van der Waals surface area contributed by atoms with Crippen LogP contribution in [0.2, 0.25) is 0 Å². The number of para-hydroxylation sites is 3. The van der Waals surface area contributed by atoms with E-state index in [4.69, 9.17) is 0 Å². The van der Waals surface area contributed by atoms with Gasteiger partial charge in [-0.15, -0.1) is 0 Å². The molecule has 12 rings (SSSR count). The summed E-state index contributed by atoms with van der Waals surface area (Å²) in [7, 11) is 0. The molecule has 310 valence electrons. The zero-order chi connectivity index (χ0) is 43.8. The van der Waals surface area contributed by atoms with Crippen molar-refractivity contribution in [3.8, 4) is 61.3 Å². The molecule has 0 radical (unpaired) electrons. The lowest BCUT2D eigenvalue weighted by molar-refractivity contribution is 1.18. The fraction of sp³-hybridized carbons (Fsp3) is 0. The van der Waals surface area contributed by atoms with E-state index in [1.165, 1.54) is 77.1 Å². The van der Waals surface area contributed by atoms with Crippen LogP contribution in [0.3, 0.4) is 0 Å². The van der Waals surface area contributed by atoms with Crippen molar-refractivity contribution in [1.82, 2.24) is 4.57 Å². The predicted molar refractivity (Wildman–Crippen MR) is 280 cm³/mol. The van der Waals surface area contributed by atoms with E-state index in [0.717, 1.165) is 33.9 Å². The van der Waals surface area contributed by atoms with Crippen LogP contribution in [0.4, 0.5) is 17.1 Å². The van der Waals surface area contributed by atoms with Crippen molar-refractivity contribution < 1.29 is 0 Å². The van der Waals surface area contributed by atoms with Crippen molar-refractivity contribution in [3.63, 3.8) is 0 Å². The van der Waals surface area contributed by atoms with Crippen molar-refractivity contribution in [1.29, 1.82) is 0 Å². The van der Waals surface area contributed by atoms with Gasteiger partial charge in [-0.05, 0) is 110 Å². The van der Waals surface area contributed by atoms with Gasteiger partial charge in [0.2, 0.25) is 0 Å². The van der Waals surface area contributed by atoms with E-state index >= 15 is 0 Å². The first kappa shape index (κ1) is 38.9. The third-order valence-electron chi connectivity index (χ3n) is 13.0. The lowest BCUT2D eigenvalue weighted by Gasteiger charge is -2.29. The minimum Gasteiger partial charge on any atom is -0.310 e. The van der Waals surface area contributed by atoms with E-state index < -0.39 is 0 Å². The normalized spacial score (nSPS) is 11.3. The van der Waals surface area contributed by atoms with Crippen LogP contribution < -0.4 is 4.90 Å². The highest BCUT2D eigenvalue weighted by molar-refractivity contribution is 6.10. The van der Waals surface area contributed by atoms with Crippen molar-refractivity contribution in [2.75, 3.05) is 4.90 Å². The number of hydrogen-bond acceptors (Lipinski definition) is 1. The molecule has 0 atom stereocenters. The minimum atomic E-state index is 1.07. The van der Waals surface area contributed by atoms with Gasteiger partial charge >= 0.3 is 0 Å². The monoisotopic (exact) mass is 840 g/mol. The maximum absolute atomic E-state index is 2.44. The van der Waals surface area contributed by atoms with Gasteiger partial charge in [0.25, 0.3) is 0 Å². The fourth-order valence-electron chi connectivity index (χ4n) is 9.94. The largest absolute Gasteiger partial charge is 0.310 e. The molecule has 0 spiro atoms. The molecule has 0 aliphatic carbocycles. The van der Waals surface area contributed by atoms with Gasteiger partial charge < -0.3 is 9.47 Å². The summed E-state index contributed by atoms with van der Waals surface area (Å²) in [5, 5.41) is 4.95. The maximum atomic E-state index is 2.44. The van der Waals surface area contributed by atoms with Crippen LogP contribution in [0.25, 0.3) is 93.9 Å². The molecule has 0 N–H and O–H groups in total. The highest BCUT2D eigenvalue weighted by atomic mass is 15.1. The zero-order valence-corrected chi connectivity index (χ0v) is 36.3. The number of fused-ring (bicyclic) bond motifs is 4. The molecule has 0 bridgehead atoms. The number of nitrogens with zero attached hydrogens (tertiary/aromatic N) is 2. The first-order chi connectivity index (χ1) is 32.8. The molecule has 0 unspecified atom stereocenters. The van der Waals surface area contributed by atoms with Gasteiger partial charge in [0.15, 0.2) is 0 Å². The first-order valence-electron chi connectivity index (χ1n) is 22.7. The molecule has 12 aromatic rings. The van der Waals surface area contributed by atoms with Crippen molar-refractivity contribution in [3.05, 3.63) is 267 Å². The number of benzene rings is 11. The number of anilines is 3. The van der Waals surface area contributed by atoms with Crippen LogP contribution >= 0.6 is 0 Å². The molecule has 66 heavy (non-hydrogen) atoms. The van der Waals surface area contributed by atoms with Crippen LogP contribution in [0, 0.1) is 0 Å². The zero-order valence-electron chi connectivity index (χ0n) is 36.3. The van der Waals surface area contributed by atoms with Gasteiger partial charge in [-0.25, -0.2) is 0 Å². The Labute approximate surface area is 385 Å². The second-order valence-corrected chi connectivity index (χ2v) is 16.9. The Kier molecular flexibility index (Phi) is 9.89. The summed E-state index contributed by atoms with van der Waals surface area (Å²) >= 11 is 0. The molecule has 0 aliphatic rings. The second kappa shape index (κ2) is 16.8. The molecule has 1 heterocycles. The Morgan fingerprint density at radius 3 is 1.48 bits per heavy atom. The summed E-state index contributed by atoms with van der Waals surface area (Å²) < 4.78 is 2.44. The van der Waals surface area contributed by atoms with E-state index in [9.17, 15) is 0 Å². The molecule has 2 heteroatoms. The maximum Gasteiger partial charge on any atom is 0.0546 e. The predicted octanol–water partition coefficient (Wildman–Crippen LogP) is 17.7. The number of aromatic nitrogens is 1. The summed E-state index contributed by atoms with van der Waals surface area (Å²) in [5.74, 6) is 0. The third kappa shape index (κ3) is 6.93. The molecule has 0 aliphatic heterocycles. The summed E-state index contributed by atoms with van der Waals surface area (Å²) in [6.07, 6.45) is 0. The van der Waals surface area contributed by atoms with E-state index in [-0.39, 0.29) is 0 Å². The summed E-state index contributed by atoms with van der Waals surface area (Å²) in [4.78, 5) is 2.43. The van der Waals surface area contributed by atoms with Gasteiger partial charge in [-0.1, -0.05) is 212 Å². The molecule has 0 saturated heterocycles. The molecule has 1 aromatic heterocycles. The number of rotatable bonds is 9. The van der Waals surface area contributed by atoms with Crippen LogP contribution in [0.1, 0.15) is 0 Å². The Balaban J connectivity index is 1.05. The van der Waals surface area contributed by atoms with Crippen molar-refractivity contribution >= 4 is 49.6 Å². The molecule has 2 nitrogen and oxygen atoms in total. The highest BCUT2D eigenvalue weighted by Crippen LogP contribution is 2.46. The van der Waals surface area contributed by atoms with Gasteiger partial charge in [0.1, 0.15) is 0 Å². The van der Waals surface area contributed by atoms with Gasteiger partial charge in [0, 0.05) is 33.3 Å². The standard InChI is InChI=1S/C64H44N2/c1-4-20-46(21-5-1)54-42-41-53(44-59(54)51-36-35-45-19-10-11-26-50(45)43-51)65(60-31-15-12-27-55(60)47-22-6-2-7-23-47)52-39-37-48(38-40-52)56-30-18-34-63(64(56)49-24-8-3-9-25-49)66-61-32-16-13-28-57(61)58-29-14-17-33-62(58)66/h1-44H. The quantitative estimate of drug-likeness (QED) is 0.141. The molecule has 0 saturated carbocycles. The third-order valence-corrected chi connectivity index (χ3v) is 13.0. The number of hydrogen-bond donors (Lipinski definition) is 0. The van der Waals surface area contributed by atoms with E-state index in [2.05, 4.69) is 276 Å². The highest BCUT2D eigenvalue weighted by Gasteiger charge is 2.22. The fourth-order valence-corrected chi connectivity index (χ4v) is 9.94. The Morgan fingerprint density at radius 2 is 0.788 bits per heavy atom. The summed E-state index contributed by atoms with van der Waals surface area (Å²) in [5.41, 5.74) is 18.5. The van der Waals surface area contributed by atoms with Crippen molar-refractivity contribution in [2.24, 2.45) is 0 Å². The second-order valence-electron chi connectivity index (χ2n) is 16.9. The topological polar surface area (TPSA) is 8.17 Å². The Hall–Kier alpha value is -8.72. The van der Waals surface area contributed by atoms with Gasteiger partial charge in [0.05, 0.1) is 22.4 Å². The minimum absolute atomic E-state index is 1.07. The molecular weight excluding hydrogens is 797 g/mol. The smallest absolute Gasteiger partial charge is 0.0546 e. The Bertz CT molecular complexity index is 3630. The van der Waals surface area contributed by atoms with Gasteiger partial charge in [-0.2, -0.15) is 0 Å².